The highest BCUT2D eigenvalue weighted by Crippen LogP contribution is 2.72. The van der Waals surface area contributed by atoms with Crippen molar-refractivity contribution in [3.8, 4) is 0 Å². The van der Waals surface area contributed by atoms with Crippen molar-refractivity contribution < 1.29 is 28.8 Å². The summed E-state index contributed by atoms with van der Waals surface area (Å²) < 4.78 is 0. The first-order chi connectivity index (χ1) is 40.9. The second-order valence-electron chi connectivity index (χ2n) is 24.9. The second-order valence-corrected chi connectivity index (χ2v) is 24.9. The average molecular weight is 1090 g/mol. The molecule has 12 nitrogen and oxygen atoms in total. The van der Waals surface area contributed by atoms with Gasteiger partial charge in [0.1, 0.15) is 0 Å². The standard InChI is InChI=1S/C72H48N6O6/c1-31(37-16-34-10-4-7-13-58(34)73-28-37)76-67(79)52-19-40-41(20-53(52)68(76)80)47-25-46(40)61-62(47)64-49-27-51(45-24-57-55(22-43(45)49)70(82)78(72(57)84)33(3)39-18-36-12-6-9-15-60(36)75-30-39)66(64)65-50-26-48(63(61)65)42-21-54-56(23-44(42)50)71(83)77(69(54)81)32(2)38-17-35-11-5-8-14-59(35)74-29-38/h4-24,28-33,46-51H,25-27H2,1-3H3/t31-,32-,33-,46?,47?,48?,49?,50?,51?/m0/s1. The van der Waals surface area contributed by atoms with Crippen LogP contribution in [-0.2, 0) is 0 Å². The highest BCUT2D eigenvalue weighted by atomic mass is 16.2. The fourth-order valence-corrected chi connectivity index (χ4v) is 17.5. The number of fused-ring (bicyclic) bond motifs is 33. The monoisotopic (exact) mass is 1090 g/mol. The number of hydrogen-bond donors (Lipinski definition) is 0. The lowest BCUT2D eigenvalue weighted by atomic mass is 9.68. The van der Waals surface area contributed by atoms with Gasteiger partial charge in [-0.1, -0.05) is 54.6 Å². The molecule has 6 amide bonds. The van der Waals surface area contributed by atoms with Gasteiger partial charge in [-0.3, -0.25) is 58.4 Å². The number of carbonyl (C=O) groups excluding carboxylic acids is 6. The van der Waals surface area contributed by atoms with Crippen molar-refractivity contribution >= 4 is 68.2 Å². The van der Waals surface area contributed by atoms with E-state index in [-0.39, 0.29) is 71.0 Å². The van der Waals surface area contributed by atoms with Crippen LogP contribution in [0.5, 0.6) is 0 Å². The molecule has 6 heterocycles. The molecule has 0 saturated heterocycles. The smallest absolute Gasteiger partial charge is 0.262 e. The van der Waals surface area contributed by atoms with Crippen molar-refractivity contribution in [1.29, 1.82) is 0 Å². The predicted octanol–water partition coefficient (Wildman–Crippen LogP) is 13.3. The fourth-order valence-electron chi connectivity index (χ4n) is 17.5. The van der Waals surface area contributed by atoms with Crippen LogP contribution in [0, 0.1) is 0 Å². The lowest BCUT2D eigenvalue weighted by Crippen LogP contribution is -2.32. The summed E-state index contributed by atoms with van der Waals surface area (Å²) in [7, 11) is 0. The van der Waals surface area contributed by atoms with Crippen LogP contribution in [0.3, 0.4) is 0 Å². The fraction of sp³-hybridized carbons (Fsp3) is 0.208. The SMILES string of the molecule is C[C@@H](c1cnc2ccccc2c1)N1C(=O)c2cc3c(cc2C1=O)C1CC3c2c3c(c4c(c21)C1CC4c2cc4c(cc21)C(=O)N([C@@H](C)c1cnc2ccccc2c1)C4=O)C1CC3c2cc3c(cc21)C(=O)N([C@@H](C)c1cnc2ccccc2c1)C3=O. The Balaban J connectivity index is 0.740. The third kappa shape index (κ3) is 5.66. The first kappa shape index (κ1) is 46.8. The van der Waals surface area contributed by atoms with Crippen molar-refractivity contribution in [2.45, 2.75) is 93.7 Å². The molecular weight excluding hydrogens is 1040 g/mol. The summed E-state index contributed by atoms with van der Waals surface area (Å²) in [4.78, 5) is 107. The minimum atomic E-state index is -0.555. The van der Waals surface area contributed by atoms with Crippen LogP contribution >= 0.6 is 0 Å². The number of rotatable bonds is 6. The molecule has 6 bridgehead atoms. The van der Waals surface area contributed by atoms with E-state index < -0.39 is 18.1 Å². The molecule has 19 rings (SSSR count). The number of hydrogen-bond acceptors (Lipinski definition) is 9. The topological polar surface area (TPSA) is 151 Å². The maximum atomic E-state index is 14.7. The van der Waals surface area contributed by atoms with Gasteiger partial charge in [0, 0.05) is 70.3 Å². The summed E-state index contributed by atoms with van der Waals surface area (Å²) in [6.45, 7) is 5.68. The molecule has 0 radical (unpaired) electrons. The number of pyridine rings is 3. The van der Waals surface area contributed by atoms with Crippen LogP contribution in [0.1, 0.15) is 239 Å². The number of benzene rings is 7. The van der Waals surface area contributed by atoms with E-state index in [2.05, 4.69) is 15.0 Å². The molecule has 0 saturated carbocycles. The number of para-hydroxylation sites is 3. The molecule has 9 atom stereocenters. The molecule has 0 spiro atoms. The maximum absolute atomic E-state index is 14.7. The van der Waals surface area contributed by atoms with E-state index in [1.54, 1.807) is 18.6 Å². The van der Waals surface area contributed by atoms with Crippen molar-refractivity contribution in [3.05, 3.63) is 263 Å². The third-order valence-corrected chi connectivity index (χ3v) is 21.3. The van der Waals surface area contributed by atoms with Crippen molar-refractivity contribution in [3.63, 3.8) is 0 Å². The average Bonchev–Trinajstić information content (AvgIpc) is 1.55. The molecule has 9 aliphatic rings. The highest BCUT2D eigenvalue weighted by molar-refractivity contribution is 6.24. The number of imide groups is 3. The van der Waals surface area contributed by atoms with Gasteiger partial charge in [0.15, 0.2) is 0 Å². The summed E-state index contributed by atoms with van der Waals surface area (Å²) in [5.41, 5.74) is 21.8. The van der Waals surface area contributed by atoms with Crippen LogP contribution in [0.15, 0.2) is 146 Å². The Kier molecular flexibility index (Phi) is 8.82. The Morgan fingerprint density at radius 2 is 0.536 bits per heavy atom. The van der Waals surface area contributed by atoms with Crippen molar-refractivity contribution in [2.75, 3.05) is 0 Å². The van der Waals surface area contributed by atoms with Gasteiger partial charge in [0.2, 0.25) is 0 Å². The van der Waals surface area contributed by atoms with E-state index >= 15 is 0 Å². The van der Waals surface area contributed by atoms with E-state index in [4.69, 9.17) is 0 Å². The van der Waals surface area contributed by atoms with E-state index in [1.165, 1.54) is 48.1 Å². The van der Waals surface area contributed by atoms with Gasteiger partial charge in [-0.15, -0.1) is 0 Å². The number of carbonyl (C=O) groups is 6. The molecule has 402 valence electrons. The first-order valence-corrected chi connectivity index (χ1v) is 29.3. The predicted molar refractivity (Wildman–Crippen MR) is 313 cm³/mol. The number of nitrogens with zero attached hydrogens (tertiary/aromatic N) is 6. The van der Waals surface area contributed by atoms with E-state index in [1.807, 2.05) is 148 Å². The summed E-state index contributed by atoms with van der Waals surface area (Å²) >= 11 is 0. The zero-order valence-electron chi connectivity index (χ0n) is 45.8. The number of aromatic nitrogens is 3. The highest BCUT2D eigenvalue weighted by Gasteiger charge is 2.59. The normalized spacial score (nSPS) is 23.0. The van der Waals surface area contributed by atoms with Crippen LogP contribution < -0.4 is 0 Å². The zero-order valence-corrected chi connectivity index (χ0v) is 45.8. The molecule has 3 aromatic heterocycles. The van der Waals surface area contributed by atoms with Crippen molar-refractivity contribution in [2.24, 2.45) is 0 Å². The summed E-state index contributed by atoms with van der Waals surface area (Å²) in [5.74, 6) is -2.13. The summed E-state index contributed by atoms with van der Waals surface area (Å²) in [5, 5.41) is 2.81. The second kappa shape index (κ2) is 15.8. The van der Waals surface area contributed by atoms with Crippen LogP contribution in [0.2, 0.25) is 0 Å². The maximum Gasteiger partial charge on any atom is 0.262 e. The Labute approximate surface area is 480 Å². The molecule has 10 aromatic rings. The Morgan fingerprint density at radius 1 is 0.321 bits per heavy atom. The lowest BCUT2D eigenvalue weighted by molar-refractivity contribution is 0.0579. The molecule has 6 unspecified atom stereocenters. The molecule has 3 aliphatic heterocycles. The molecule has 12 heteroatoms. The Hall–Kier alpha value is -9.81. The molecule has 84 heavy (non-hydrogen) atoms. The first-order valence-electron chi connectivity index (χ1n) is 29.3. The van der Waals surface area contributed by atoms with Crippen LogP contribution in [0.4, 0.5) is 0 Å². The quantitative estimate of drug-likeness (QED) is 0.148. The summed E-state index contributed by atoms with van der Waals surface area (Å²) in [6, 6.07) is 40.0. The van der Waals surface area contributed by atoms with Gasteiger partial charge in [0.05, 0.1) is 68.1 Å². The lowest BCUT2D eigenvalue weighted by Gasteiger charge is -2.35. The van der Waals surface area contributed by atoms with E-state index in [9.17, 15) is 28.8 Å². The van der Waals surface area contributed by atoms with Gasteiger partial charge < -0.3 is 0 Å². The van der Waals surface area contributed by atoms with Gasteiger partial charge in [-0.2, -0.15) is 0 Å². The summed E-state index contributed by atoms with van der Waals surface area (Å²) in [6.07, 6.45) is 7.69. The van der Waals surface area contributed by atoms with Gasteiger partial charge >= 0.3 is 0 Å². The van der Waals surface area contributed by atoms with Crippen molar-refractivity contribution in [1.82, 2.24) is 29.7 Å². The third-order valence-electron chi connectivity index (χ3n) is 21.3. The zero-order chi connectivity index (χ0) is 56.2. The Bertz CT molecular complexity index is 4270. The largest absolute Gasteiger partial charge is 0.269 e. The van der Waals surface area contributed by atoms with Gasteiger partial charge in [0.25, 0.3) is 35.4 Å². The van der Waals surface area contributed by atoms with Gasteiger partial charge in [-0.25, -0.2) is 0 Å². The van der Waals surface area contributed by atoms with E-state index in [0.29, 0.717) is 33.4 Å². The molecule has 6 aliphatic carbocycles. The minimum absolute atomic E-state index is 0.0480. The molecule has 0 N–H and O–H groups in total. The molecular formula is C72H48N6O6. The van der Waals surface area contributed by atoms with Crippen LogP contribution in [-0.4, -0.2) is 65.1 Å². The minimum Gasteiger partial charge on any atom is -0.269 e. The number of amides is 6. The Morgan fingerprint density at radius 3 is 0.762 bits per heavy atom. The van der Waals surface area contributed by atoms with E-state index in [0.717, 1.165) is 102 Å². The van der Waals surface area contributed by atoms with Crippen LogP contribution in [0.25, 0.3) is 32.7 Å². The molecule has 7 aromatic carbocycles. The van der Waals surface area contributed by atoms with Gasteiger partial charge in [-0.05, 0) is 196 Å². The molecule has 0 fully saturated rings.